The molecule has 0 aliphatic rings. The molecule has 0 saturated heterocycles. The van der Waals surface area contributed by atoms with Gasteiger partial charge in [0.2, 0.25) is 5.91 Å². The number of benzene rings is 1. The number of nitrogens with zero attached hydrogens (tertiary/aromatic N) is 2. The van der Waals surface area contributed by atoms with Crippen molar-refractivity contribution < 1.29 is 4.79 Å². The van der Waals surface area contributed by atoms with Crippen molar-refractivity contribution >= 4 is 11.6 Å². The van der Waals surface area contributed by atoms with Gasteiger partial charge in [-0.25, -0.2) is 0 Å². The molecule has 1 amide bonds. The first-order valence-corrected chi connectivity index (χ1v) is 7.10. The molecule has 0 spiro atoms. The molecular weight excluding hydrogens is 264 g/mol. The van der Waals surface area contributed by atoms with Crippen molar-refractivity contribution in [1.82, 2.24) is 10.2 Å². The first-order chi connectivity index (χ1) is 9.92. The van der Waals surface area contributed by atoms with E-state index in [0.717, 1.165) is 12.2 Å². The van der Waals surface area contributed by atoms with Crippen LogP contribution >= 0.6 is 0 Å². The van der Waals surface area contributed by atoms with E-state index in [1.165, 1.54) is 0 Å². The Bertz CT molecular complexity index is 488. The summed E-state index contributed by atoms with van der Waals surface area (Å²) in [4.78, 5) is 14.1. The second-order valence-corrected chi connectivity index (χ2v) is 5.72. The van der Waals surface area contributed by atoms with Crippen LogP contribution in [0.2, 0.25) is 0 Å². The number of nitriles is 1. The summed E-state index contributed by atoms with van der Waals surface area (Å²) in [5.41, 5.74) is 1.44. The summed E-state index contributed by atoms with van der Waals surface area (Å²) in [5, 5.41) is 14.8. The lowest BCUT2D eigenvalue weighted by Gasteiger charge is -2.25. The third kappa shape index (κ3) is 6.28. The number of nitrogens with one attached hydrogen (secondary N) is 2. The summed E-state index contributed by atoms with van der Waals surface area (Å²) in [7, 11) is 3.99. The SMILES string of the molecule is CC(C)C(CN(C)C)NC(=O)CNc1ccc(C#N)cc1. The van der Waals surface area contributed by atoms with Gasteiger partial charge >= 0.3 is 0 Å². The number of hydrogen-bond acceptors (Lipinski definition) is 4. The summed E-state index contributed by atoms with van der Waals surface area (Å²) >= 11 is 0. The van der Waals surface area contributed by atoms with Crippen LogP contribution in [-0.2, 0) is 4.79 Å². The Morgan fingerprint density at radius 2 is 1.90 bits per heavy atom. The van der Waals surface area contributed by atoms with Crippen LogP contribution in [0.3, 0.4) is 0 Å². The van der Waals surface area contributed by atoms with Crippen LogP contribution in [0.15, 0.2) is 24.3 Å². The Kier molecular flexibility index (Phi) is 6.70. The Labute approximate surface area is 126 Å². The first kappa shape index (κ1) is 17.0. The first-order valence-electron chi connectivity index (χ1n) is 7.10. The van der Waals surface area contributed by atoms with Gasteiger partial charge < -0.3 is 15.5 Å². The molecule has 0 bridgehead atoms. The summed E-state index contributed by atoms with van der Waals surface area (Å²) < 4.78 is 0. The molecule has 0 heterocycles. The zero-order valence-corrected chi connectivity index (χ0v) is 13.2. The third-order valence-corrected chi connectivity index (χ3v) is 3.18. The van der Waals surface area contributed by atoms with E-state index in [1.807, 2.05) is 14.1 Å². The Morgan fingerprint density at radius 3 is 2.38 bits per heavy atom. The Hall–Kier alpha value is -2.06. The molecular formula is C16H24N4O. The van der Waals surface area contributed by atoms with E-state index in [4.69, 9.17) is 5.26 Å². The highest BCUT2D eigenvalue weighted by Gasteiger charge is 2.16. The average molecular weight is 288 g/mol. The molecule has 1 unspecified atom stereocenters. The van der Waals surface area contributed by atoms with Crippen molar-refractivity contribution in [2.24, 2.45) is 5.92 Å². The summed E-state index contributed by atoms with van der Waals surface area (Å²) in [6.45, 7) is 5.24. The van der Waals surface area contributed by atoms with Crippen LogP contribution in [0, 0.1) is 17.2 Å². The minimum absolute atomic E-state index is 0.0279. The topological polar surface area (TPSA) is 68.2 Å². The molecule has 0 fully saturated rings. The standard InChI is InChI=1S/C16H24N4O/c1-12(2)15(11-20(3)4)19-16(21)10-18-14-7-5-13(9-17)6-8-14/h5-8,12,15,18H,10-11H2,1-4H3,(H,19,21). The highest BCUT2D eigenvalue weighted by atomic mass is 16.2. The average Bonchev–Trinajstić information content (AvgIpc) is 2.44. The molecule has 0 saturated carbocycles. The van der Waals surface area contributed by atoms with Gasteiger partial charge in [-0.2, -0.15) is 5.26 Å². The lowest BCUT2D eigenvalue weighted by atomic mass is 10.0. The second kappa shape index (κ2) is 8.28. The van der Waals surface area contributed by atoms with Crippen molar-refractivity contribution in [2.45, 2.75) is 19.9 Å². The van der Waals surface area contributed by atoms with Gasteiger partial charge in [0.1, 0.15) is 0 Å². The Balaban J connectivity index is 2.46. The van der Waals surface area contributed by atoms with E-state index < -0.39 is 0 Å². The van der Waals surface area contributed by atoms with Crippen molar-refractivity contribution in [3.05, 3.63) is 29.8 Å². The largest absolute Gasteiger partial charge is 0.376 e. The fourth-order valence-corrected chi connectivity index (χ4v) is 1.92. The van der Waals surface area contributed by atoms with Crippen LogP contribution in [0.4, 0.5) is 5.69 Å². The molecule has 1 atom stereocenters. The van der Waals surface area contributed by atoms with Crippen LogP contribution in [0.1, 0.15) is 19.4 Å². The highest BCUT2D eigenvalue weighted by molar-refractivity contribution is 5.81. The van der Waals surface area contributed by atoms with Gasteiger partial charge in [-0.15, -0.1) is 0 Å². The zero-order valence-electron chi connectivity index (χ0n) is 13.2. The van der Waals surface area contributed by atoms with Gasteiger partial charge in [0.05, 0.1) is 18.2 Å². The van der Waals surface area contributed by atoms with Gasteiger partial charge in [-0.3, -0.25) is 4.79 Å². The minimum Gasteiger partial charge on any atom is -0.376 e. The van der Waals surface area contributed by atoms with Crippen LogP contribution in [0.5, 0.6) is 0 Å². The molecule has 0 aliphatic heterocycles. The van der Waals surface area contributed by atoms with E-state index >= 15 is 0 Å². The predicted octanol–water partition coefficient (Wildman–Crippen LogP) is 1.67. The number of carbonyl (C=O) groups is 1. The van der Waals surface area contributed by atoms with Crippen molar-refractivity contribution in [1.29, 1.82) is 5.26 Å². The van der Waals surface area contributed by atoms with Gasteiger partial charge in [0.15, 0.2) is 0 Å². The maximum atomic E-state index is 12.0. The quantitative estimate of drug-likeness (QED) is 0.801. The van der Waals surface area contributed by atoms with Crippen LogP contribution in [0.25, 0.3) is 0 Å². The molecule has 5 heteroatoms. The third-order valence-electron chi connectivity index (χ3n) is 3.18. The lowest BCUT2D eigenvalue weighted by molar-refractivity contribution is -0.120. The minimum atomic E-state index is -0.0279. The van der Waals surface area contributed by atoms with E-state index in [2.05, 4.69) is 35.5 Å². The summed E-state index contributed by atoms with van der Waals surface area (Å²) in [5.74, 6) is 0.353. The molecule has 0 aromatic heterocycles. The monoisotopic (exact) mass is 288 g/mol. The summed E-state index contributed by atoms with van der Waals surface area (Å²) in [6, 6.07) is 9.24. The zero-order chi connectivity index (χ0) is 15.8. The highest BCUT2D eigenvalue weighted by Crippen LogP contribution is 2.08. The van der Waals surface area contributed by atoms with E-state index in [9.17, 15) is 4.79 Å². The fraction of sp³-hybridized carbons (Fsp3) is 0.500. The number of amides is 1. The van der Waals surface area contributed by atoms with Crippen LogP contribution in [-0.4, -0.2) is 44.0 Å². The number of carbonyl (C=O) groups excluding carboxylic acids is 1. The molecule has 0 aliphatic carbocycles. The molecule has 114 valence electrons. The maximum Gasteiger partial charge on any atom is 0.239 e. The Morgan fingerprint density at radius 1 is 1.29 bits per heavy atom. The van der Waals surface area contributed by atoms with Crippen molar-refractivity contribution in [3.8, 4) is 6.07 Å². The van der Waals surface area contributed by atoms with Gasteiger partial charge in [0.25, 0.3) is 0 Å². The predicted molar refractivity (Wildman–Crippen MR) is 85.0 cm³/mol. The normalized spacial score (nSPS) is 12.0. The van der Waals surface area contributed by atoms with Crippen LogP contribution < -0.4 is 10.6 Å². The van der Waals surface area contributed by atoms with E-state index in [1.54, 1.807) is 24.3 Å². The second-order valence-electron chi connectivity index (χ2n) is 5.72. The molecule has 1 rings (SSSR count). The molecule has 1 aromatic carbocycles. The van der Waals surface area contributed by atoms with E-state index in [-0.39, 0.29) is 18.5 Å². The van der Waals surface area contributed by atoms with E-state index in [0.29, 0.717) is 11.5 Å². The number of rotatable bonds is 7. The van der Waals surface area contributed by atoms with Crippen molar-refractivity contribution in [3.63, 3.8) is 0 Å². The number of hydrogen-bond donors (Lipinski definition) is 2. The van der Waals surface area contributed by atoms with Gasteiger partial charge in [-0.05, 0) is 44.3 Å². The van der Waals surface area contributed by atoms with Gasteiger partial charge in [-0.1, -0.05) is 13.8 Å². The number of anilines is 1. The molecule has 5 nitrogen and oxygen atoms in total. The molecule has 0 radical (unpaired) electrons. The smallest absolute Gasteiger partial charge is 0.239 e. The molecule has 2 N–H and O–H groups in total. The lowest BCUT2D eigenvalue weighted by Crippen LogP contribution is -2.46. The molecule has 21 heavy (non-hydrogen) atoms. The number of likely N-dealkylation sites (N-methyl/N-ethyl adjacent to an activating group) is 1. The van der Waals surface area contributed by atoms with Gasteiger partial charge in [0, 0.05) is 18.3 Å². The molecule has 1 aromatic rings. The summed E-state index contributed by atoms with van der Waals surface area (Å²) in [6.07, 6.45) is 0. The maximum absolute atomic E-state index is 12.0. The fourth-order valence-electron chi connectivity index (χ4n) is 1.92. The van der Waals surface area contributed by atoms with Crippen molar-refractivity contribution in [2.75, 3.05) is 32.5 Å².